The lowest BCUT2D eigenvalue weighted by Gasteiger charge is -2.39. The summed E-state index contributed by atoms with van der Waals surface area (Å²) in [6, 6.07) is 1.65. The number of aliphatic hydroxyl groups excluding tert-OH is 2. The van der Waals surface area contributed by atoms with Gasteiger partial charge < -0.3 is 15.3 Å². The number of benzene rings is 1. The van der Waals surface area contributed by atoms with Crippen LogP contribution >= 0.6 is 0 Å². The van der Waals surface area contributed by atoms with Crippen molar-refractivity contribution < 1.29 is 34.5 Å². The van der Waals surface area contributed by atoms with E-state index in [0.717, 1.165) is 5.56 Å². The number of rotatable bonds is 7. The van der Waals surface area contributed by atoms with Crippen molar-refractivity contribution >= 4 is 28.9 Å². The minimum atomic E-state index is -1.12. The van der Waals surface area contributed by atoms with Crippen molar-refractivity contribution in [2.45, 2.75) is 59.3 Å². The van der Waals surface area contributed by atoms with Crippen LogP contribution in [0.2, 0.25) is 0 Å². The Labute approximate surface area is 187 Å². The third-order valence-corrected chi connectivity index (χ3v) is 6.67. The summed E-state index contributed by atoms with van der Waals surface area (Å²) in [6.07, 6.45) is 0.620. The number of phenols is 1. The van der Waals surface area contributed by atoms with Gasteiger partial charge in [-0.2, -0.15) is 0 Å². The van der Waals surface area contributed by atoms with Crippen LogP contribution in [0.5, 0.6) is 5.75 Å². The molecule has 0 spiro atoms. The molecule has 3 unspecified atom stereocenters. The van der Waals surface area contributed by atoms with Gasteiger partial charge in [-0.1, -0.05) is 13.8 Å². The van der Waals surface area contributed by atoms with Crippen molar-refractivity contribution in [3.05, 3.63) is 33.9 Å². The van der Waals surface area contributed by atoms with Crippen LogP contribution in [0.1, 0.15) is 79.9 Å². The first-order chi connectivity index (χ1) is 15.0. The number of Topliss-reactive ketones (excluding diaryl/α,β-unsaturated/α-hetero) is 4. The summed E-state index contributed by atoms with van der Waals surface area (Å²) in [5, 5.41) is 31.5. The van der Waals surface area contributed by atoms with Crippen molar-refractivity contribution in [3.8, 4) is 5.75 Å². The molecule has 3 rings (SSSR count). The number of hydrogen-bond donors (Lipinski definition) is 3. The van der Waals surface area contributed by atoms with Gasteiger partial charge in [-0.25, -0.2) is 0 Å². The molecule has 2 aliphatic carbocycles. The van der Waals surface area contributed by atoms with Crippen molar-refractivity contribution in [1.29, 1.82) is 0 Å². The number of allylic oxidation sites excluding steroid dienone is 1. The summed E-state index contributed by atoms with van der Waals surface area (Å²) in [5.41, 5.74) is 1.73. The van der Waals surface area contributed by atoms with E-state index in [1.54, 1.807) is 6.07 Å². The fourth-order valence-electron chi connectivity index (χ4n) is 5.28. The molecule has 0 aromatic heterocycles. The van der Waals surface area contributed by atoms with Gasteiger partial charge in [0.05, 0.1) is 23.5 Å². The molecule has 1 aromatic carbocycles. The molecule has 2 aliphatic rings. The predicted molar refractivity (Wildman–Crippen MR) is 118 cm³/mol. The first-order valence-electron chi connectivity index (χ1n) is 11.0. The molecule has 0 saturated heterocycles. The number of carbonyl (C=O) groups is 4. The highest BCUT2D eigenvalue weighted by molar-refractivity contribution is 6.17. The number of aliphatic hydroxyl groups is 2. The first kappa shape index (κ1) is 23.9. The normalized spacial score (nSPS) is 22.6. The van der Waals surface area contributed by atoms with Crippen LogP contribution < -0.4 is 0 Å². The van der Waals surface area contributed by atoms with E-state index >= 15 is 0 Å². The summed E-state index contributed by atoms with van der Waals surface area (Å²) in [5.74, 6) is -4.49. The minimum Gasteiger partial charge on any atom is -0.507 e. The fraction of sp³-hybridized carbons (Fsp3) is 0.520. The molecule has 0 amide bonds. The maximum atomic E-state index is 13.5. The number of aromatic hydroxyl groups is 1. The number of hydrogen-bond acceptors (Lipinski definition) is 7. The highest BCUT2D eigenvalue weighted by Gasteiger charge is 2.47. The molecule has 7 nitrogen and oxygen atoms in total. The Kier molecular flexibility index (Phi) is 6.69. The van der Waals surface area contributed by atoms with E-state index in [1.165, 1.54) is 13.8 Å². The summed E-state index contributed by atoms with van der Waals surface area (Å²) in [4.78, 5) is 49.9. The number of fused-ring (bicyclic) bond motifs is 2. The van der Waals surface area contributed by atoms with E-state index in [9.17, 15) is 34.5 Å². The molecular weight excluding hydrogens is 412 g/mol. The minimum absolute atomic E-state index is 0.00854. The second kappa shape index (κ2) is 8.98. The lowest BCUT2D eigenvalue weighted by Crippen LogP contribution is -2.43. The lowest BCUT2D eigenvalue weighted by atomic mass is 9.63. The van der Waals surface area contributed by atoms with Crippen molar-refractivity contribution in [2.24, 2.45) is 17.8 Å². The number of ketones is 4. The quantitative estimate of drug-likeness (QED) is 0.436. The summed E-state index contributed by atoms with van der Waals surface area (Å²) in [7, 11) is 0. The Hall–Kier alpha value is -2.80. The Morgan fingerprint density at radius 2 is 1.81 bits per heavy atom. The molecule has 0 bridgehead atoms. The molecule has 1 aromatic rings. The maximum Gasteiger partial charge on any atom is 0.173 e. The summed E-state index contributed by atoms with van der Waals surface area (Å²) in [6.45, 7) is 6.30. The molecule has 0 aliphatic heterocycles. The average molecular weight is 443 g/mol. The van der Waals surface area contributed by atoms with E-state index in [-0.39, 0.29) is 65.3 Å². The Bertz CT molecular complexity index is 1030. The van der Waals surface area contributed by atoms with Crippen LogP contribution in [-0.2, 0) is 20.8 Å². The van der Waals surface area contributed by atoms with Crippen molar-refractivity contribution in [1.82, 2.24) is 0 Å². The van der Waals surface area contributed by atoms with Gasteiger partial charge in [0.1, 0.15) is 17.3 Å². The number of phenolic OH excluding ortho intramolecular Hbond substituents is 1. The Morgan fingerprint density at radius 3 is 2.34 bits per heavy atom. The second-order valence-electron chi connectivity index (χ2n) is 9.28. The molecule has 3 N–H and O–H groups in total. The summed E-state index contributed by atoms with van der Waals surface area (Å²) < 4.78 is 0. The maximum absolute atomic E-state index is 13.5. The predicted octanol–water partition coefficient (Wildman–Crippen LogP) is 3.30. The zero-order chi connectivity index (χ0) is 23.9. The third kappa shape index (κ3) is 4.01. The number of carbonyl (C=O) groups excluding carboxylic acids is 4. The standard InChI is InChI=1S/C25H30O7/c1-11(2)16-10-17(13(4)28)23(30)22-18(16)9-15-8-14(5-6-26)20(19(29)7-12(3)27)24(31)21(15)25(22)32/h10-11,14-15,20,26,30,32H,5-9H2,1-4H3. The van der Waals surface area contributed by atoms with Gasteiger partial charge in [0.2, 0.25) is 0 Å². The molecule has 1 fully saturated rings. The van der Waals surface area contributed by atoms with Gasteiger partial charge in [0, 0.05) is 12.2 Å². The van der Waals surface area contributed by atoms with Crippen LogP contribution in [0.4, 0.5) is 0 Å². The topological polar surface area (TPSA) is 129 Å². The molecule has 32 heavy (non-hydrogen) atoms. The van der Waals surface area contributed by atoms with Crippen LogP contribution in [0.25, 0.3) is 5.76 Å². The first-order valence-corrected chi connectivity index (χ1v) is 11.0. The van der Waals surface area contributed by atoms with Gasteiger partial charge in [-0.3, -0.25) is 19.2 Å². The van der Waals surface area contributed by atoms with E-state index in [2.05, 4.69) is 0 Å². The Morgan fingerprint density at radius 1 is 1.16 bits per heavy atom. The van der Waals surface area contributed by atoms with Crippen LogP contribution in [0.3, 0.4) is 0 Å². The molecule has 0 heterocycles. The molecule has 7 heteroatoms. The zero-order valence-electron chi connectivity index (χ0n) is 18.9. The van der Waals surface area contributed by atoms with Crippen molar-refractivity contribution in [2.75, 3.05) is 6.61 Å². The van der Waals surface area contributed by atoms with E-state index in [0.29, 0.717) is 18.4 Å². The summed E-state index contributed by atoms with van der Waals surface area (Å²) >= 11 is 0. The molecular formula is C25H30O7. The van der Waals surface area contributed by atoms with Gasteiger partial charge in [-0.05, 0) is 68.1 Å². The molecule has 3 atom stereocenters. The average Bonchev–Trinajstić information content (AvgIpc) is 2.66. The molecule has 0 radical (unpaired) electrons. The molecule has 172 valence electrons. The van der Waals surface area contributed by atoms with Gasteiger partial charge in [-0.15, -0.1) is 0 Å². The van der Waals surface area contributed by atoms with Crippen LogP contribution in [-0.4, -0.2) is 45.1 Å². The lowest BCUT2D eigenvalue weighted by molar-refractivity contribution is -0.137. The highest BCUT2D eigenvalue weighted by atomic mass is 16.3. The van der Waals surface area contributed by atoms with Gasteiger partial charge >= 0.3 is 0 Å². The largest absolute Gasteiger partial charge is 0.507 e. The monoisotopic (exact) mass is 442 g/mol. The second-order valence-corrected chi connectivity index (χ2v) is 9.28. The SMILES string of the molecule is CC(=O)CC(=O)C1C(=O)C2=C(O)c3c(O)c(C(C)=O)cc(C(C)C)c3CC2CC1CCO. The van der Waals surface area contributed by atoms with E-state index in [1.807, 2.05) is 13.8 Å². The van der Waals surface area contributed by atoms with Crippen molar-refractivity contribution in [3.63, 3.8) is 0 Å². The Balaban J connectivity index is 2.22. The van der Waals surface area contributed by atoms with Gasteiger partial charge in [0.15, 0.2) is 17.3 Å². The van der Waals surface area contributed by atoms with Gasteiger partial charge in [0.25, 0.3) is 0 Å². The molecule has 1 saturated carbocycles. The highest BCUT2D eigenvalue weighted by Crippen LogP contribution is 2.49. The van der Waals surface area contributed by atoms with E-state index < -0.39 is 29.2 Å². The van der Waals surface area contributed by atoms with Crippen LogP contribution in [0.15, 0.2) is 11.6 Å². The van der Waals surface area contributed by atoms with E-state index in [4.69, 9.17) is 0 Å². The fourth-order valence-corrected chi connectivity index (χ4v) is 5.28. The third-order valence-electron chi connectivity index (χ3n) is 6.67. The zero-order valence-corrected chi connectivity index (χ0v) is 18.9. The van der Waals surface area contributed by atoms with Crippen LogP contribution in [0, 0.1) is 17.8 Å². The smallest absolute Gasteiger partial charge is 0.173 e.